The molecule has 4 rings (SSSR count). The summed E-state index contributed by atoms with van der Waals surface area (Å²) in [5.41, 5.74) is 1.68. The Labute approximate surface area is 230 Å². The molecule has 39 heavy (non-hydrogen) atoms. The molecule has 1 N–H and O–H groups in total. The van der Waals surface area contributed by atoms with Crippen LogP contribution in [0.3, 0.4) is 0 Å². The summed E-state index contributed by atoms with van der Waals surface area (Å²) in [5.74, 6) is 1.12. The fourth-order valence-corrected chi connectivity index (χ4v) is 6.35. The molecule has 1 amide bonds. The molecule has 0 saturated heterocycles. The zero-order valence-electron chi connectivity index (χ0n) is 23.1. The maximum atomic E-state index is 13.9. The van der Waals surface area contributed by atoms with Crippen molar-refractivity contribution >= 4 is 21.6 Å². The summed E-state index contributed by atoms with van der Waals surface area (Å²) >= 11 is 0. The Morgan fingerprint density at radius 3 is 2.31 bits per heavy atom. The summed E-state index contributed by atoms with van der Waals surface area (Å²) in [5, 5.41) is 3.10. The number of ether oxygens (including phenoxy) is 3. The molecule has 1 atom stereocenters. The fourth-order valence-electron chi connectivity index (χ4n) is 4.93. The highest BCUT2D eigenvalue weighted by atomic mass is 32.2. The Bertz CT molecular complexity index is 1420. The fraction of sp³-hybridized carbons (Fsp3) is 0.367. The molecule has 0 fully saturated rings. The Balaban J connectivity index is 1.70. The zero-order valence-corrected chi connectivity index (χ0v) is 23.9. The molecule has 9 heteroatoms. The first-order chi connectivity index (χ1) is 18.7. The number of hydrogen-bond donors (Lipinski definition) is 1. The van der Waals surface area contributed by atoms with Gasteiger partial charge < -0.3 is 19.5 Å². The molecule has 0 bridgehead atoms. The molecule has 3 aromatic rings. The number of sulfonamides is 1. The van der Waals surface area contributed by atoms with E-state index in [9.17, 15) is 13.2 Å². The van der Waals surface area contributed by atoms with E-state index in [-0.39, 0.29) is 16.6 Å². The standard InChI is InChI=1S/C30H36N2O6S/c1-6-30(7-2)19-25(24-10-8-9-11-26(24)38-30)31-29(33)20-32(22-14-17-27(36-4)28(18-22)37-5)39(34,35)23-15-12-21(3)13-16-23/h8-18,25H,6-7,19-20H2,1-5H3,(H,31,33). The van der Waals surface area contributed by atoms with Crippen LogP contribution in [-0.4, -0.2) is 40.7 Å². The Kier molecular flexibility index (Phi) is 8.39. The number of para-hydroxylation sites is 1. The van der Waals surface area contributed by atoms with Crippen molar-refractivity contribution in [2.75, 3.05) is 25.1 Å². The van der Waals surface area contributed by atoms with Gasteiger partial charge in [0.25, 0.3) is 10.0 Å². The zero-order chi connectivity index (χ0) is 28.2. The van der Waals surface area contributed by atoms with Crippen molar-refractivity contribution in [3.63, 3.8) is 0 Å². The van der Waals surface area contributed by atoms with Crippen LogP contribution in [0.2, 0.25) is 0 Å². The molecule has 1 aliphatic heterocycles. The molecule has 1 heterocycles. The van der Waals surface area contributed by atoms with Crippen molar-refractivity contribution in [3.8, 4) is 17.2 Å². The minimum atomic E-state index is -4.09. The SMILES string of the molecule is CCC1(CC)CC(NC(=O)CN(c2ccc(OC)c(OC)c2)S(=O)(=O)c2ccc(C)cc2)c2ccccc2O1. The molecule has 0 spiro atoms. The van der Waals surface area contributed by atoms with Crippen molar-refractivity contribution in [2.24, 2.45) is 0 Å². The van der Waals surface area contributed by atoms with Crippen molar-refractivity contribution in [1.29, 1.82) is 0 Å². The summed E-state index contributed by atoms with van der Waals surface area (Å²) in [6.45, 7) is 5.61. The smallest absolute Gasteiger partial charge is 0.264 e. The van der Waals surface area contributed by atoms with Gasteiger partial charge in [-0.2, -0.15) is 0 Å². The van der Waals surface area contributed by atoms with Gasteiger partial charge in [0, 0.05) is 18.1 Å². The predicted octanol–water partition coefficient (Wildman–Crippen LogP) is 5.41. The first-order valence-corrected chi connectivity index (χ1v) is 14.5. The lowest BCUT2D eigenvalue weighted by molar-refractivity contribution is -0.121. The van der Waals surface area contributed by atoms with Crippen molar-refractivity contribution in [1.82, 2.24) is 5.32 Å². The van der Waals surface area contributed by atoms with Gasteiger partial charge in [0.1, 0.15) is 17.9 Å². The maximum Gasteiger partial charge on any atom is 0.264 e. The number of methoxy groups -OCH3 is 2. The van der Waals surface area contributed by atoms with E-state index >= 15 is 0 Å². The number of fused-ring (bicyclic) bond motifs is 1. The number of nitrogens with one attached hydrogen (secondary N) is 1. The largest absolute Gasteiger partial charge is 0.493 e. The third-order valence-corrected chi connectivity index (χ3v) is 9.16. The monoisotopic (exact) mass is 552 g/mol. The molecule has 0 saturated carbocycles. The molecule has 1 aliphatic rings. The van der Waals surface area contributed by atoms with E-state index in [2.05, 4.69) is 19.2 Å². The van der Waals surface area contributed by atoms with Crippen LogP contribution >= 0.6 is 0 Å². The first kappa shape index (κ1) is 28.3. The first-order valence-electron chi connectivity index (χ1n) is 13.0. The molecule has 0 aliphatic carbocycles. The second kappa shape index (κ2) is 11.6. The van der Waals surface area contributed by atoms with Crippen LogP contribution in [0.5, 0.6) is 17.2 Å². The van der Waals surface area contributed by atoms with Crippen LogP contribution < -0.4 is 23.8 Å². The minimum absolute atomic E-state index is 0.0862. The van der Waals surface area contributed by atoms with Crippen LogP contribution in [0.1, 0.15) is 50.3 Å². The van der Waals surface area contributed by atoms with Gasteiger partial charge in [-0.15, -0.1) is 0 Å². The second-order valence-corrected chi connectivity index (χ2v) is 11.6. The van der Waals surface area contributed by atoms with E-state index in [0.717, 1.165) is 34.0 Å². The lowest BCUT2D eigenvalue weighted by Gasteiger charge is -2.41. The van der Waals surface area contributed by atoms with Gasteiger partial charge in [0.15, 0.2) is 11.5 Å². The van der Waals surface area contributed by atoms with Gasteiger partial charge in [0.05, 0.1) is 30.8 Å². The number of hydrogen-bond acceptors (Lipinski definition) is 6. The van der Waals surface area contributed by atoms with E-state index < -0.39 is 28.1 Å². The highest BCUT2D eigenvalue weighted by Gasteiger charge is 2.39. The number of rotatable bonds is 10. The van der Waals surface area contributed by atoms with Crippen LogP contribution in [0, 0.1) is 6.92 Å². The number of anilines is 1. The van der Waals surface area contributed by atoms with Gasteiger partial charge >= 0.3 is 0 Å². The van der Waals surface area contributed by atoms with Gasteiger partial charge in [-0.25, -0.2) is 8.42 Å². The highest BCUT2D eigenvalue weighted by Crippen LogP contribution is 2.42. The highest BCUT2D eigenvalue weighted by molar-refractivity contribution is 7.92. The summed E-state index contributed by atoms with van der Waals surface area (Å²) in [6, 6.07) is 18.7. The maximum absolute atomic E-state index is 13.9. The third-order valence-electron chi connectivity index (χ3n) is 7.37. The number of amides is 1. The van der Waals surface area contributed by atoms with Gasteiger partial charge in [0.2, 0.25) is 5.91 Å². The van der Waals surface area contributed by atoms with E-state index in [1.165, 1.54) is 14.2 Å². The van der Waals surface area contributed by atoms with Crippen molar-refractivity contribution in [3.05, 3.63) is 77.9 Å². The Hall–Kier alpha value is -3.72. The normalized spacial score (nSPS) is 16.0. The van der Waals surface area contributed by atoms with Crippen molar-refractivity contribution < 1.29 is 27.4 Å². The number of aryl methyl sites for hydroxylation is 1. The van der Waals surface area contributed by atoms with E-state index in [1.54, 1.807) is 42.5 Å². The van der Waals surface area contributed by atoms with E-state index in [4.69, 9.17) is 14.2 Å². The summed E-state index contributed by atoms with van der Waals surface area (Å²) < 4.78 is 46.0. The molecule has 0 aromatic heterocycles. The lowest BCUT2D eigenvalue weighted by atomic mass is 9.83. The third kappa shape index (κ3) is 5.83. The summed E-state index contributed by atoms with van der Waals surface area (Å²) in [7, 11) is -1.11. The van der Waals surface area contributed by atoms with Crippen LogP contribution in [0.25, 0.3) is 0 Å². The average molecular weight is 553 g/mol. The molecule has 0 radical (unpaired) electrons. The van der Waals surface area contributed by atoms with Crippen LogP contribution in [0.4, 0.5) is 5.69 Å². The number of carbonyl (C=O) groups is 1. The minimum Gasteiger partial charge on any atom is -0.493 e. The lowest BCUT2D eigenvalue weighted by Crippen LogP contribution is -2.47. The quantitative estimate of drug-likeness (QED) is 0.362. The van der Waals surface area contributed by atoms with E-state index in [0.29, 0.717) is 17.9 Å². The van der Waals surface area contributed by atoms with Crippen molar-refractivity contribution in [2.45, 2.75) is 56.6 Å². The van der Waals surface area contributed by atoms with Gasteiger partial charge in [-0.1, -0.05) is 49.7 Å². The second-order valence-electron chi connectivity index (χ2n) is 9.72. The van der Waals surface area contributed by atoms with Crippen LogP contribution in [-0.2, 0) is 14.8 Å². The van der Waals surface area contributed by atoms with Gasteiger partial charge in [-0.3, -0.25) is 9.10 Å². The number of carbonyl (C=O) groups excluding carboxylic acids is 1. The topological polar surface area (TPSA) is 94.2 Å². The average Bonchev–Trinajstić information content (AvgIpc) is 2.95. The van der Waals surface area contributed by atoms with Gasteiger partial charge in [-0.05, 0) is 50.1 Å². The Morgan fingerprint density at radius 2 is 1.67 bits per heavy atom. The molecular weight excluding hydrogens is 516 g/mol. The number of nitrogens with zero attached hydrogens (tertiary/aromatic N) is 1. The molecule has 3 aromatic carbocycles. The summed E-state index contributed by atoms with van der Waals surface area (Å²) in [4.78, 5) is 13.7. The Morgan fingerprint density at radius 1 is 1.00 bits per heavy atom. The number of benzene rings is 3. The molecule has 1 unspecified atom stereocenters. The summed E-state index contributed by atoms with van der Waals surface area (Å²) in [6.07, 6.45) is 2.15. The predicted molar refractivity (Wildman–Crippen MR) is 151 cm³/mol. The molecule has 8 nitrogen and oxygen atoms in total. The van der Waals surface area contributed by atoms with E-state index in [1.807, 2.05) is 31.2 Å². The molecule has 208 valence electrons. The molecular formula is C30H36N2O6S. The van der Waals surface area contributed by atoms with Crippen LogP contribution in [0.15, 0.2) is 71.6 Å².